The van der Waals surface area contributed by atoms with Crippen molar-refractivity contribution in [2.75, 3.05) is 0 Å². The SMILES string of the molecule is O=C(O)c1cc(C(F)F)[nH]c(=O)c1. The van der Waals surface area contributed by atoms with Crippen LogP contribution in [0.25, 0.3) is 0 Å². The van der Waals surface area contributed by atoms with E-state index in [2.05, 4.69) is 0 Å². The lowest BCUT2D eigenvalue weighted by Crippen LogP contribution is -2.12. The highest BCUT2D eigenvalue weighted by atomic mass is 19.3. The van der Waals surface area contributed by atoms with Gasteiger partial charge in [-0.1, -0.05) is 0 Å². The van der Waals surface area contributed by atoms with Gasteiger partial charge in [-0.05, 0) is 6.07 Å². The van der Waals surface area contributed by atoms with Gasteiger partial charge in [0.05, 0.1) is 11.3 Å². The van der Waals surface area contributed by atoms with Crippen LogP contribution in [0.1, 0.15) is 22.5 Å². The summed E-state index contributed by atoms with van der Waals surface area (Å²) < 4.78 is 24.1. The van der Waals surface area contributed by atoms with E-state index in [1.54, 1.807) is 0 Å². The molecule has 2 N–H and O–H groups in total. The molecule has 13 heavy (non-hydrogen) atoms. The fraction of sp³-hybridized carbons (Fsp3) is 0.143. The predicted octanol–water partition coefficient (Wildman–Crippen LogP) is 1.01. The number of nitrogens with one attached hydrogen (secondary N) is 1. The lowest BCUT2D eigenvalue weighted by molar-refractivity contribution is 0.0696. The summed E-state index contributed by atoms with van der Waals surface area (Å²) in [4.78, 5) is 22.8. The Kier molecular flexibility index (Phi) is 2.41. The van der Waals surface area contributed by atoms with E-state index in [4.69, 9.17) is 5.11 Å². The fourth-order valence-corrected chi connectivity index (χ4v) is 0.806. The molecule has 0 radical (unpaired) electrons. The number of aromatic nitrogens is 1. The molecule has 0 aromatic carbocycles. The van der Waals surface area contributed by atoms with Crippen LogP contribution in [0.5, 0.6) is 0 Å². The van der Waals surface area contributed by atoms with Gasteiger partial charge in [-0.3, -0.25) is 4.79 Å². The number of halogens is 2. The summed E-state index contributed by atoms with van der Waals surface area (Å²) in [7, 11) is 0. The minimum atomic E-state index is -2.88. The van der Waals surface area contributed by atoms with Gasteiger partial charge in [0.15, 0.2) is 0 Å². The molecule has 1 aromatic rings. The number of rotatable bonds is 2. The third kappa shape index (κ3) is 2.11. The maximum Gasteiger partial charge on any atom is 0.335 e. The molecule has 0 saturated heterocycles. The number of pyridine rings is 1. The first-order valence-corrected chi connectivity index (χ1v) is 3.26. The van der Waals surface area contributed by atoms with E-state index in [9.17, 15) is 18.4 Å². The first-order chi connectivity index (χ1) is 6.00. The maximum atomic E-state index is 12.0. The number of carbonyl (C=O) groups is 1. The summed E-state index contributed by atoms with van der Waals surface area (Å²) in [6.07, 6.45) is -2.88. The molecule has 0 saturated carbocycles. The molecule has 1 aromatic heterocycles. The predicted molar refractivity (Wildman–Crippen MR) is 39.0 cm³/mol. The van der Waals surface area contributed by atoms with Gasteiger partial charge in [0.1, 0.15) is 0 Å². The lowest BCUT2D eigenvalue weighted by Gasteiger charge is -1.99. The van der Waals surface area contributed by atoms with E-state index in [-0.39, 0.29) is 0 Å². The van der Waals surface area contributed by atoms with Gasteiger partial charge >= 0.3 is 5.97 Å². The van der Waals surface area contributed by atoms with Crippen molar-refractivity contribution in [3.05, 3.63) is 33.7 Å². The number of aromatic amines is 1. The Bertz CT molecular complexity index is 386. The normalized spacial score (nSPS) is 10.4. The third-order valence-electron chi connectivity index (χ3n) is 1.35. The monoisotopic (exact) mass is 189 g/mol. The average Bonchev–Trinajstić information content (AvgIpc) is 2.03. The molecule has 0 aliphatic rings. The zero-order valence-electron chi connectivity index (χ0n) is 6.25. The molecule has 70 valence electrons. The second kappa shape index (κ2) is 3.34. The molecule has 1 heterocycles. The largest absolute Gasteiger partial charge is 0.478 e. The van der Waals surface area contributed by atoms with Crippen molar-refractivity contribution in [2.45, 2.75) is 6.43 Å². The van der Waals surface area contributed by atoms with E-state index < -0.39 is 29.2 Å². The number of hydrogen-bond donors (Lipinski definition) is 2. The Morgan fingerprint density at radius 3 is 2.54 bits per heavy atom. The van der Waals surface area contributed by atoms with Crippen LogP contribution < -0.4 is 5.56 Å². The van der Waals surface area contributed by atoms with Crippen LogP contribution in [0.4, 0.5) is 8.78 Å². The Morgan fingerprint density at radius 2 is 2.08 bits per heavy atom. The van der Waals surface area contributed by atoms with Crippen molar-refractivity contribution < 1.29 is 18.7 Å². The number of carboxylic acid groups (broad SMARTS) is 1. The van der Waals surface area contributed by atoms with Crippen LogP contribution in [0, 0.1) is 0 Å². The molecule has 6 heteroatoms. The molecular formula is C7H5F2NO3. The highest BCUT2D eigenvalue weighted by Gasteiger charge is 2.12. The molecule has 4 nitrogen and oxygen atoms in total. The number of hydrogen-bond acceptors (Lipinski definition) is 2. The van der Waals surface area contributed by atoms with Crippen LogP contribution in [0.15, 0.2) is 16.9 Å². The minimum Gasteiger partial charge on any atom is -0.478 e. The Morgan fingerprint density at radius 1 is 1.46 bits per heavy atom. The van der Waals surface area contributed by atoms with E-state index in [0.29, 0.717) is 0 Å². The van der Waals surface area contributed by atoms with Crippen molar-refractivity contribution >= 4 is 5.97 Å². The van der Waals surface area contributed by atoms with Gasteiger partial charge in [-0.25, -0.2) is 13.6 Å². The summed E-state index contributed by atoms with van der Waals surface area (Å²) in [5.41, 5.74) is -1.99. The molecule has 0 unspecified atom stereocenters. The summed E-state index contributed by atoms with van der Waals surface area (Å²) in [6, 6.07) is 1.47. The Labute approximate surface area is 70.8 Å². The molecule has 0 fully saturated rings. The summed E-state index contributed by atoms with van der Waals surface area (Å²) in [5, 5.41) is 8.42. The van der Waals surface area contributed by atoms with Crippen LogP contribution in [-0.2, 0) is 0 Å². The number of carboxylic acids is 1. The van der Waals surface area contributed by atoms with Crippen LogP contribution >= 0.6 is 0 Å². The molecule has 0 bridgehead atoms. The average molecular weight is 189 g/mol. The van der Waals surface area contributed by atoms with Crippen molar-refractivity contribution in [1.82, 2.24) is 4.98 Å². The molecule has 0 atom stereocenters. The van der Waals surface area contributed by atoms with Gasteiger partial charge in [0.25, 0.3) is 6.43 Å². The highest BCUT2D eigenvalue weighted by Crippen LogP contribution is 2.15. The van der Waals surface area contributed by atoms with Crippen molar-refractivity contribution in [3.63, 3.8) is 0 Å². The summed E-state index contributed by atoms with van der Waals surface area (Å²) in [6.45, 7) is 0. The molecule has 0 amide bonds. The second-order valence-corrected chi connectivity index (χ2v) is 2.29. The van der Waals surface area contributed by atoms with Crippen LogP contribution in [0.3, 0.4) is 0 Å². The second-order valence-electron chi connectivity index (χ2n) is 2.29. The molecule has 0 aliphatic heterocycles. The van der Waals surface area contributed by atoms with Gasteiger partial charge < -0.3 is 10.1 Å². The first kappa shape index (κ1) is 9.37. The van der Waals surface area contributed by atoms with Gasteiger partial charge in [-0.15, -0.1) is 0 Å². The number of alkyl halides is 2. The molecule has 0 spiro atoms. The van der Waals surface area contributed by atoms with E-state index in [1.165, 1.54) is 0 Å². The van der Waals surface area contributed by atoms with Crippen molar-refractivity contribution in [3.8, 4) is 0 Å². The van der Waals surface area contributed by atoms with Gasteiger partial charge in [0.2, 0.25) is 5.56 Å². The Hall–Kier alpha value is -1.72. The quantitative estimate of drug-likeness (QED) is 0.729. The number of H-pyrrole nitrogens is 1. The lowest BCUT2D eigenvalue weighted by atomic mass is 10.2. The summed E-state index contributed by atoms with van der Waals surface area (Å²) in [5.74, 6) is -1.41. The van der Waals surface area contributed by atoms with Crippen LogP contribution in [0.2, 0.25) is 0 Å². The zero-order valence-corrected chi connectivity index (χ0v) is 6.25. The third-order valence-corrected chi connectivity index (χ3v) is 1.35. The van der Waals surface area contributed by atoms with E-state index in [0.717, 1.165) is 12.1 Å². The Balaban J connectivity index is 3.27. The highest BCUT2D eigenvalue weighted by molar-refractivity contribution is 5.87. The first-order valence-electron chi connectivity index (χ1n) is 3.26. The number of aromatic carboxylic acids is 1. The summed E-state index contributed by atoms with van der Waals surface area (Å²) >= 11 is 0. The zero-order chi connectivity index (χ0) is 10.0. The van der Waals surface area contributed by atoms with Crippen LogP contribution in [-0.4, -0.2) is 16.1 Å². The molecule has 1 rings (SSSR count). The molecular weight excluding hydrogens is 184 g/mol. The molecule has 0 aliphatic carbocycles. The van der Waals surface area contributed by atoms with Crippen molar-refractivity contribution in [1.29, 1.82) is 0 Å². The maximum absolute atomic E-state index is 12.0. The minimum absolute atomic E-state index is 0.445. The van der Waals surface area contributed by atoms with E-state index >= 15 is 0 Å². The standard InChI is InChI=1S/C7H5F2NO3/c8-6(9)4-1-3(7(12)13)2-5(11)10-4/h1-2,6H,(H,10,11)(H,12,13). The smallest absolute Gasteiger partial charge is 0.335 e. The fourth-order valence-electron chi connectivity index (χ4n) is 0.806. The van der Waals surface area contributed by atoms with Gasteiger partial charge in [0, 0.05) is 6.07 Å². The van der Waals surface area contributed by atoms with Crippen molar-refractivity contribution in [2.24, 2.45) is 0 Å². The van der Waals surface area contributed by atoms with E-state index in [1.807, 2.05) is 4.98 Å². The van der Waals surface area contributed by atoms with Gasteiger partial charge in [-0.2, -0.15) is 0 Å². The topological polar surface area (TPSA) is 70.2 Å².